The molecule has 2 aromatic carbocycles. The summed E-state index contributed by atoms with van der Waals surface area (Å²) in [4.78, 5) is 0. The zero-order valence-electron chi connectivity index (χ0n) is 10.9. The molecule has 0 saturated heterocycles. The molecule has 0 saturated carbocycles. The van der Waals surface area contributed by atoms with E-state index in [9.17, 15) is 0 Å². The van der Waals surface area contributed by atoms with Gasteiger partial charge < -0.3 is 10.5 Å². The Hall–Kier alpha value is -1.98. The van der Waals surface area contributed by atoms with Crippen molar-refractivity contribution < 1.29 is 4.74 Å². The highest BCUT2D eigenvalue weighted by Gasteiger charge is 2.03. The molecule has 0 aliphatic carbocycles. The van der Waals surface area contributed by atoms with E-state index >= 15 is 0 Å². The number of methoxy groups -OCH3 is 1. The van der Waals surface area contributed by atoms with Crippen molar-refractivity contribution in [1.82, 2.24) is 0 Å². The monoisotopic (exact) mass is 239 g/mol. The number of ether oxygens (including phenoxy) is 1. The fourth-order valence-electron chi connectivity index (χ4n) is 1.66. The zero-order valence-corrected chi connectivity index (χ0v) is 10.9. The van der Waals surface area contributed by atoms with Crippen molar-refractivity contribution in [2.24, 2.45) is 5.73 Å². The summed E-state index contributed by atoms with van der Waals surface area (Å²) < 4.78 is 5.20. The van der Waals surface area contributed by atoms with Crippen LogP contribution in [-0.4, -0.2) is 12.6 Å². The Balaban J connectivity index is 2.41. The largest absolute Gasteiger partial charge is 0.497 e. The van der Waals surface area contributed by atoms with Gasteiger partial charge in [0.15, 0.2) is 0 Å². The summed E-state index contributed by atoms with van der Waals surface area (Å²) in [5, 5.41) is 2.30. The van der Waals surface area contributed by atoms with Gasteiger partial charge in [0.1, 0.15) is 5.75 Å². The third-order valence-electron chi connectivity index (χ3n) is 2.58. The van der Waals surface area contributed by atoms with Crippen molar-refractivity contribution in [3.05, 3.63) is 42.0 Å². The molecule has 0 radical (unpaired) electrons. The molecule has 0 heterocycles. The average molecular weight is 239 g/mol. The first-order chi connectivity index (χ1) is 8.48. The minimum Gasteiger partial charge on any atom is -0.497 e. The fourth-order valence-corrected chi connectivity index (χ4v) is 1.66. The van der Waals surface area contributed by atoms with E-state index in [0.717, 1.165) is 22.1 Å². The summed E-state index contributed by atoms with van der Waals surface area (Å²) in [5.74, 6) is 6.99. The second-order valence-corrected chi connectivity index (χ2v) is 4.90. The van der Waals surface area contributed by atoms with Gasteiger partial charge in [0, 0.05) is 5.56 Å². The first kappa shape index (κ1) is 12.5. The van der Waals surface area contributed by atoms with E-state index < -0.39 is 5.54 Å². The van der Waals surface area contributed by atoms with E-state index in [-0.39, 0.29) is 0 Å². The summed E-state index contributed by atoms with van der Waals surface area (Å²) in [7, 11) is 1.67. The van der Waals surface area contributed by atoms with Crippen LogP contribution in [0.25, 0.3) is 10.8 Å². The van der Waals surface area contributed by atoms with Gasteiger partial charge in [0.05, 0.1) is 12.6 Å². The molecule has 2 nitrogen and oxygen atoms in total. The lowest BCUT2D eigenvalue weighted by Crippen LogP contribution is -2.29. The molecule has 0 unspecified atom stereocenters. The van der Waals surface area contributed by atoms with Crippen LogP contribution in [0.1, 0.15) is 19.4 Å². The van der Waals surface area contributed by atoms with E-state index in [2.05, 4.69) is 17.9 Å². The lowest BCUT2D eigenvalue weighted by Gasteiger charge is -2.07. The Morgan fingerprint density at radius 2 is 1.72 bits per heavy atom. The van der Waals surface area contributed by atoms with E-state index in [1.54, 1.807) is 7.11 Å². The van der Waals surface area contributed by atoms with Crippen LogP contribution < -0.4 is 10.5 Å². The van der Waals surface area contributed by atoms with Gasteiger partial charge >= 0.3 is 0 Å². The molecule has 0 aliphatic rings. The highest BCUT2D eigenvalue weighted by atomic mass is 16.5. The second kappa shape index (κ2) is 4.72. The smallest absolute Gasteiger partial charge is 0.119 e. The summed E-state index contributed by atoms with van der Waals surface area (Å²) >= 11 is 0. The zero-order chi connectivity index (χ0) is 13.2. The molecule has 18 heavy (non-hydrogen) atoms. The van der Waals surface area contributed by atoms with Crippen molar-refractivity contribution in [3.63, 3.8) is 0 Å². The van der Waals surface area contributed by atoms with Crippen LogP contribution in [0.2, 0.25) is 0 Å². The third kappa shape index (κ3) is 3.03. The van der Waals surface area contributed by atoms with Gasteiger partial charge in [0.25, 0.3) is 0 Å². The van der Waals surface area contributed by atoms with Crippen LogP contribution in [0, 0.1) is 11.8 Å². The average Bonchev–Trinajstić information content (AvgIpc) is 2.34. The van der Waals surface area contributed by atoms with Crippen molar-refractivity contribution in [3.8, 4) is 17.6 Å². The summed E-state index contributed by atoms with van der Waals surface area (Å²) in [6.07, 6.45) is 0. The topological polar surface area (TPSA) is 35.2 Å². The van der Waals surface area contributed by atoms with Crippen LogP contribution >= 0.6 is 0 Å². The number of hydrogen-bond donors (Lipinski definition) is 1. The predicted molar refractivity (Wildman–Crippen MR) is 75.6 cm³/mol. The van der Waals surface area contributed by atoms with Gasteiger partial charge in [-0.05, 0) is 48.9 Å². The summed E-state index contributed by atoms with van der Waals surface area (Å²) in [6, 6.07) is 12.1. The molecule has 2 N–H and O–H groups in total. The second-order valence-electron chi connectivity index (χ2n) is 4.90. The molecule has 0 spiro atoms. The van der Waals surface area contributed by atoms with E-state index in [1.807, 2.05) is 44.2 Å². The Kier molecular flexibility index (Phi) is 3.27. The van der Waals surface area contributed by atoms with Crippen LogP contribution in [0.4, 0.5) is 0 Å². The molecule has 0 aromatic heterocycles. The number of benzene rings is 2. The maximum atomic E-state index is 5.84. The van der Waals surface area contributed by atoms with Crippen LogP contribution in [-0.2, 0) is 0 Å². The minimum absolute atomic E-state index is 0.463. The van der Waals surface area contributed by atoms with E-state index in [4.69, 9.17) is 10.5 Å². The Morgan fingerprint density at radius 3 is 2.39 bits per heavy atom. The normalized spacial score (nSPS) is 10.9. The van der Waals surface area contributed by atoms with Crippen molar-refractivity contribution in [2.45, 2.75) is 19.4 Å². The molecule has 0 bridgehead atoms. The highest BCUT2D eigenvalue weighted by molar-refractivity contribution is 5.85. The Bertz CT molecular complexity index is 627. The van der Waals surface area contributed by atoms with Gasteiger partial charge in [-0.25, -0.2) is 0 Å². The molecule has 0 fully saturated rings. The van der Waals surface area contributed by atoms with Crippen molar-refractivity contribution >= 4 is 10.8 Å². The molecule has 2 rings (SSSR count). The number of fused-ring (bicyclic) bond motifs is 1. The third-order valence-corrected chi connectivity index (χ3v) is 2.58. The molecule has 0 amide bonds. The molecular formula is C16H17NO. The van der Waals surface area contributed by atoms with Gasteiger partial charge in [-0.1, -0.05) is 24.0 Å². The summed E-state index contributed by atoms with van der Waals surface area (Å²) in [5.41, 5.74) is 6.36. The molecule has 2 heteroatoms. The lowest BCUT2D eigenvalue weighted by molar-refractivity contribution is 0.415. The molecule has 0 atom stereocenters. The molecule has 92 valence electrons. The maximum absolute atomic E-state index is 5.84. The highest BCUT2D eigenvalue weighted by Crippen LogP contribution is 2.21. The first-order valence-corrected chi connectivity index (χ1v) is 5.88. The lowest BCUT2D eigenvalue weighted by atomic mass is 10.0. The SMILES string of the molecule is COc1ccc2cc(C#CC(C)(C)N)ccc2c1. The van der Waals surface area contributed by atoms with Crippen molar-refractivity contribution in [2.75, 3.05) is 7.11 Å². The minimum atomic E-state index is -0.463. The van der Waals surface area contributed by atoms with Crippen LogP contribution in [0.5, 0.6) is 5.75 Å². The van der Waals surface area contributed by atoms with E-state index in [0.29, 0.717) is 0 Å². The number of hydrogen-bond acceptors (Lipinski definition) is 2. The van der Waals surface area contributed by atoms with Gasteiger partial charge in [-0.2, -0.15) is 0 Å². The number of nitrogens with two attached hydrogens (primary N) is 1. The maximum Gasteiger partial charge on any atom is 0.119 e. The predicted octanol–water partition coefficient (Wildman–Crippen LogP) is 2.94. The van der Waals surface area contributed by atoms with E-state index in [1.165, 1.54) is 0 Å². The van der Waals surface area contributed by atoms with Crippen LogP contribution in [0.15, 0.2) is 36.4 Å². The molecule has 0 aliphatic heterocycles. The number of rotatable bonds is 1. The standard InChI is InChI=1S/C16H17NO/c1-16(2,17)9-8-12-4-5-14-11-15(18-3)7-6-13(14)10-12/h4-7,10-11H,17H2,1-3H3. The summed E-state index contributed by atoms with van der Waals surface area (Å²) in [6.45, 7) is 3.79. The van der Waals surface area contributed by atoms with Gasteiger partial charge in [-0.15, -0.1) is 0 Å². The van der Waals surface area contributed by atoms with Gasteiger partial charge in [0.2, 0.25) is 0 Å². The van der Waals surface area contributed by atoms with Crippen LogP contribution in [0.3, 0.4) is 0 Å². The van der Waals surface area contributed by atoms with Crippen molar-refractivity contribution in [1.29, 1.82) is 0 Å². The first-order valence-electron chi connectivity index (χ1n) is 5.88. The molecular weight excluding hydrogens is 222 g/mol. The Morgan fingerprint density at radius 1 is 1.06 bits per heavy atom. The quantitative estimate of drug-likeness (QED) is 0.776. The van der Waals surface area contributed by atoms with Gasteiger partial charge in [-0.3, -0.25) is 0 Å². The fraction of sp³-hybridized carbons (Fsp3) is 0.250. The Labute approximate surface area is 108 Å². The molecule has 2 aromatic rings.